The smallest absolute Gasteiger partial charge is 0 e. The average molecular weight is 265 g/mol. The van der Waals surface area contributed by atoms with Crippen molar-refractivity contribution >= 4 is 36.5 Å². The zero-order valence-electron chi connectivity index (χ0n) is 11.3. The Labute approximate surface area is 120 Å². The molecule has 0 amide bonds. The fraction of sp³-hybridized carbons (Fsp3) is 1.00. The predicted octanol–water partition coefficient (Wildman–Crippen LogP) is 2.93. The Kier molecular flexibility index (Phi) is 24.9. The molecule has 0 aromatic carbocycles. The van der Waals surface area contributed by atoms with E-state index in [0.29, 0.717) is 0 Å². The van der Waals surface area contributed by atoms with Crippen LogP contribution < -0.4 is 0 Å². The Hall–Kier alpha value is 1.10. The van der Waals surface area contributed by atoms with Gasteiger partial charge in [-0.25, -0.2) is 0 Å². The minimum Gasteiger partial charge on any atom is -0.303 e. The van der Waals surface area contributed by atoms with E-state index in [1.807, 2.05) is 0 Å². The van der Waals surface area contributed by atoms with Crippen LogP contribution in [0.5, 0.6) is 0 Å². The largest absolute Gasteiger partial charge is 0.303 e. The summed E-state index contributed by atoms with van der Waals surface area (Å²) < 4.78 is 0. The van der Waals surface area contributed by atoms with Gasteiger partial charge in [0.15, 0.2) is 0 Å². The van der Waals surface area contributed by atoms with Crippen LogP contribution in [0.1, 0.15) is 59.3 Å². The molecule has 0 fully saturated rings. The van der Waals surface area contributed by atoms with Gasteiger partial charge in [-0.15, -0.1) is 0 Å². The summed E-state index contributed by atoms with van der Waals surface area (Å²) in [4.78, 5) is 2.64. The fourth-order valence-electron chi connectivity index (χ4n) is 1.48. The van der Waals surface area contributed by atoms with Gasteiger partial charge >= 0.3 is 0 Å². The van der Waals surface area contributed by atoms with Gasteiger partial charge in [0.1, 0.15) is 0 Å². The first-order valence-corrected chi connectivity index (χ1v) is 6.07. The van der Waals surface area contributed by atoms with Crippen molar-refractivity contribution in [2.75, 3.05) is 19.6 Å². The number of rotatable bonds is 9. The number of unbranched alkanes of at least 4 members (excludes halogenated alkanes) is 3. The van der Waals surface area contributed by atoms with Crippen LogP contribution in [-0.2, 0) is 0 Å². The van der Waals surface area contributed by atoms with Gasteiger partial charge in [-0.3, -0.25) is 0 Å². The van der Waals surface area contributed by atoms with Crippen molar-refractivity contribution in [3.8, 4) is 0 Å². The van der Waals surface area contributed by atoms with Crippen molar-refractivity contribution in [3.63, 3.8) is 0 Å². The van der Waals surface area contributed by atoms with Crippen molar-refractivity contribution in [2.24, 2.45) is 0 Å². The van der Waals surface area contributed by atoms with E-state index in [4.69, 9.17) is 0 Å². The summed E-state index contributed by atoms with van der Waals surface area (Å²) in [7, 11) is 0. The van der Waals surface area contributed by atoms with E-state index in [1.54, 1.807) is 0 Å². The molecule has 0 saturated carbocycles. The average Bonchev–Trinajstić information content (AvgIpc) is 2.17. The molecule has 0 saturated heterocycles. The first kappa shape index (κ1) is 21.4. The number of hydrogen-bond acceptors (Lipinski definition) is 1. The van der Waals surface area contributed by atoms with Crippen molar-refractivity contribution in [1.82, 2.24) is 4.90 Å². The van der Waals surface area contributed by atoms with Gasteiger partial charge in [0.2, 0.25) is 0 Å². The number of hydrogen-bond donors (Lipinski definition) is 0. The summed E-state index contributed by atoms with van der Waals surface area (Å²) in [6, 6.07) is 0. The van der Waals surface area contributed by atoms with E-state index in [9.17, 15) is 0 Å². The maximum atomic E-state index is 2.64. The topological polar surface area (TPSA) is 3.24 Å². The van der Waals surface area contributed by atoms with Crippen LogP contribution in [0.3, 0.4) is 0 Å². The predicted molar refractivity (Wildman–Crippen MR) is 72.7 cm³/mol. The molecule has 0 rings (SSSR count). The van der Waals surface area contributed by atoms with E-state index in [2.05, 4.69) is 25.7 Å². The van der Waals surface area contributed by atoms with Crippen LogP contribution in [0.2, 0.25) is 0 Å². The molecule has 85 valence electrons. The molecule has 3 heteroatoms. The van der Waals surface area contributed by atoms with Crippen molar-refractivity contribution in [2.45, 2.75) is 59.3 Å². The minimum atomic E-state index is 0. The van der Waals surface area contributed by atoms with E-state index in [0.717, 1.165) is 0 Å². The molecule has 0 aliphatic carbocycles. The first-order valence-electron chi connectivity index (χ1n) is 6.07. The molecule has 0 atom stereocenters. The third-order valence-corrected chi connectivity index (χ3v) is 2.48. The SMILES string of the molecule is CCCCN(CCCC)CCCC.[Ge].[Li]. The summed E-state index contributed by atoms with van der Waals surface area (Å²) in [6.45, 7) is 10.8. The van der Waals surface area contributed by atoms with Gasteiger partial charge < -0.3 is 4.90 Å². The second-order valence-corrected chi connectivity index (χ2v) is 3.90. The van der Waals surface area contributed by atoms with Crippen molar-refractivity contribution in [1.29, 1.82) is 0 Å². The molecule has 0 spiro atoms. The molecule has 0 heterocycles. The van der Waals surface area contributed by atoms with Crippen LogP contribution in [0.25, 0.3) is 0 Å². The van der Waals surface area contributed by atoms with Gasteiger partial charge in [0, 0.05) is 36.5 Å². The molecule has 0 aromatic heterocycles. The molecule has 5 radical (unpaired) electrons. The Bertz CT molecular complexity index is 82.6. The quantitative estimate of drug-likeness (QED) is 0.579. The van der Waals surface area contributed by atoms with Gasteiger partial charge in [-0.2, -0.15) is 0 Å². The van der Waals surface area contributed by atoms with Gasteiger partial charge in [0.05, 0.1) is 0 Å². The molecule has 0 aliphatic rings. The summed E-state index contributed by atoms with van der Waals surface area (Å²) in [6.07, 6.45) is 8.09. The van der Waals surface area contributed by atoms with Crippen LogP contribution in [0.15, 0.2) is 0 Å². The van der Waals surface area contributed by atoms with E-state index in [-0.39, 0.29) is 36.5 Å². The van der Waals surface area contributed by atoms with Crippen LogP contribution >= 0.6 is 0 Å². The van der Waals surface area contributed by atoms with Crippen molar-refractivity contribution < 1.29 is 0 Å². The summed E-state index contributed by atoms with van der Waals surface area (Å²) in [5.74, 6) is 0. The van der Waals surface area contributed by atoms with E-state index in [1.165, 1.54) is 58.2 Å². The monoisotopic (exact) mass is 266 g/mol. The maximum absolute atomic E-state index is 2.64. The zero-order chi connectivity index (χ0) is 9.94. The third kappa shape index (κ3) is 15.1. The molecule has 0 bridgehead atoms. The molecule has 0 N–H and O–H groups in total. The van der Waals surface area contributed by atoms with Gasteiger partial charge in [0.25, 0.3) is 0 Å². The van der Waals surface area contributed by atoms with E-state index >= 15 is 0 Å². The third-order valence-electron chi connectivity index (χ3n) is 2.48. The first-order chi connectivity index (χ1) is 6.35. The zero-order valence-corrected chi connectivity index (χ0v) is 13.4. The summed E-state index contributed by atoms with van der Waals surface area (Å²) >= 11 is 0. The Morgan fingerprint density at radius 3 is 1.13 bits per heavy atom. The van der Waals surface area contributed by atoms with Crippen LogP contribution in [0.4, 0.5) is 0 Å². The van der Waals surface area contributed by atoms with E-state index < -0.39 is 0 Å². The summed E-state index contributed by atoms with van der Waals surface area (Å²) in [5.41, 5.74) is 0. The van der Waals surface area contributed by atoms with Gasteiger partial charge in [-0.1, -0.05) is 40.0 Å². The standard InChI is InChI=1S/C12H27N.Ge.Li/c1-4-7-10-13(11-8-5-2)12-9-6-3;;/h4-12H2,1-3H3;;. The fourth-order valence-corrected chi connectivity index (χ4v) is 1.48. The molecule has 0 aliphatic heterocycles. The molecule has 0 aromatic rings. The molecule has 15 heavy (non-hydrogen) atoms. The van der Waals surface area contributed by atoms with Crippen molar-refractivity contribution in [3.05, 3.63) is 0 Å². The maximum Gasteiger partial charge on any atom is 0 e. The van der Waals surface area contributed by atoms with Crippen LogP contribution in [-0.4, -0.2) is 61.0 Å². The molecular weight excluding hydrogens is 238 g/mol. The van der Waals surface area contributed by atoms with Crippen LogP contribution in [0, 0.1) is 0 Å². The summed E-state index contributed by atoms with van der Waals surface area (Å²) in [5, 5.41) is 0. The van der Waals surface area contributed by atoms with Gasteiger partial charge in [-0.05, 0) is 38.9 Å². The molecular formula is C12H27GeLiN. The minimum absolute atomic E-state index is 0. The molecule has 0 unspecified atom stereocenters. The molecule has 1 nitrogen and oxygen atoms in total. The number of nitrogens with zero attached hydrogens (tertiary/aromatic N) is 1. The Morgan fingerprint density at radius 2 is 0.933 bits per heavy atom. The second-order valence-electron chi connectivity index (χ2n) is 3.90. The Morgan fingerprint density at radius 1 is 0.667 bits per heavy atom. The second kappa shape index (κ2) is 17.5. The normalized spacial score (nSPS) is 9.60. The Balaban J connectivity index is -0.000000720.